The Morgan fingerprint density at radius 2 is 1.27 bits per heavy atom. The number of rotatable bonds is 12. The minimum absolute atomic E-state index is 0.0982. The number of hydrogen-bond acceptors (Lipinski definition) is 4. The normalized spacial score (nSPS) is 11.8. The molecule has 0 unspecified atom stereocenters. The lowest BCUT2D eigenvalue weighted by molar-refractivity contribution is 0.287. The molecule has 0 saturated carbocycles. The quantitative estimate of drug-likeness (QED) is 0.189. The van der Waals surface area contributed by atoms with E-state index in [1.54, 1.807) is 14.2 Å². The summed E-state index contributed by atoms with van der Waals surface area (Å²) in [5.41, 5.74) is 4.44. The van der Waals surface area contributed by atoms with E-state index >= 15 is 0 Å². The van der Waals surface area contributed by atoms with Crippen molar-refractivity contribution in [1.82, 2.24) is 0 Å². The molecule has 0 aromatic heterocycles. The van der Waals surface area contributed by atoms with Crippen molar-refractivity contribution in [2.75, 3.05) is 14.2 Å². The molecule has 4 heteroatoms. The number of allylic oxidation sites excluding steroid dienone is 2. The molecular formula is C33H34O4. The summed E-state index contributed by atoms with van der Waals surface area (Å²) in [5.74, 6) is 3.27. The first kappa shape index (κ1) is 25.9. The van der Waals surface area contributed by atoms with Gasteiger partial charge in [0, 0.05) is 23.6 Å². The topological polar surface area (TPSA) is 36.9 Å². The van der Waals surface area contributed by atoms with Crippen LogP contribution < -0.4 is 18.9 Å². The molecule has 4 rings (SSSR count). The highest BCUT2D eigenvalue weighted by atomic mass is 16.5. The highest BCUT2D eigenvalue weighted by Gasteiger charge is 2.18. The minimum atomic E-state index is 0.0982. The van der Waals surface area contributed by atoms with Gasteiger partial charge < -0.3 is 18.9 Å². The van der Waals surface area contributed by atoms with Crippen LogP contribution in [0.25, 0.3) is 0 Å². The van der Waals surface area contributed by atoms with Crippen LogP contribution in [0.5, 0.6) is 23.0 Å². The van der Waals surface area contributed by atoms with Gasteiger partial charge in [0.25, 0.3) is 0 Å². The maximum absolute atomic E-state index is 6.37. The molecule has 0 amide bonds. The molecule has 0 radical (unpaired) electrons. The van der Waals surface area contributed by atoms with Crippen LogP contribution in [-0.4, -0.2) is 14.2 Å². The molecule has 0 bridgehead atoms. The van der Waals surface area contributed by atoms with E-state index in [0.717, 1.165) is 51.7 Å². The van der Waals surface area contributed by atoms with Gasteiger partial charge in [0.2, 0.25) is 0 Å². The van der Waals surface area contributed by atoms with E-state index < -0.39 is 0 Å². The Balaban J connectivity index is 1.61. The first-order chi connectivity index (χ1) is 18.2. The second kappa shape index (κ2) is 13.2. The van der Waals surface area contributed by atoms with Crippen LogP contribution in [0, 0.1) is 0 Å². The number of methoxy groups -OCH3 is 2. The van der Waals surface area contributed by atoms with E-state index in [2.05, 4.69) is 48.6 Å². The van der Waals surface area contributed by atoms with Crippen molar-refractivity contribution in [2.45, 2.75) is 32.5 Å². The fourth-order valence-corrected chi connectivity index (χ4v) is 4.28. The molecule has 0 aliphatic rings. The van der Waals surface area contributed by atoms with Crippen LogP contribution in [0.4, 0.5) is 0 Å². The zero-order valence-corrected chi connectivity index (χ0v) is 21.7. The average Bonchev–Trinajstić information content (AvgIpc) is 2.96. The standard InChI is InChI=1S/C33H34O4/c1-4-11-27(31-19-18-29(34-2)21-33(31)35-3)20-28-16-17-30(36-23-25-12-7-5-8-13-25)22-32(28)37-24-26-14-9-6-10-15-26/h4-19,21-22,27H,20,23-24H2,1-3H3/b11-4-/t27-/m1/s1. The zero-order chi connectivity index (χ0) is 25.9. The Morgan fingerprint density at radius 3 is 1.89 bits per heavy atom. The van der Waals surface area contributed by atoms with Crippen molar-refractivity contribution in [3.63, 3.8) is 0 Å². The Bertz CT molecular complexity index is 1280. The van der Waals surface area contributed by atoms with Gasteiger partial charge in [-0.15, -0.1) is 0 Å². The predicted octanol–water partition coefficient (Wildman–Crippen LogP) is 7.76. The smallest absolute Gasteiger partial charge is 0.126 e. The van der Waals surface area contributed by atoms with Crippen LogP contribution >= 0.6 is 0 Å². The van der Waals surface area contributed by atoms with Crippen LogP contribution in [-0.2, 0) is 19.6 Å². The zero-order valence-electron chi connectivity index (χ0n) is 21.7. The van der Waals surface area contributed by atoms with Crippen molar-refractivity contribution >= 4 is 0 Å². The molecule has 4 aromatic rings. The number of ether oxygens (including phenoxy) is 4. The molecule has 0 aliphatic heterocycles. The van der Waals surface area contributed by atoms with Crippen LogP contribution in [0.3, 0.4) is 0 Å². The molecular weight excluding hydrogens is 460 g/mol. The van der Waals surface area contributed by atoms with Gasteiger partial charge in [-0.2, -0.15) is 0 Å². The monoisotopic (exact) mass is 494 g/mol. The van der Waals surface area contributed by atoms with E-state index in [0.29, 0.717) is 13.2 Å². The molecule has 4 aromatic carbocycles. The summed E-state index contributed by atoms with van der Waals surface area (Å²) < 4.78 is 23.6. The first-order valence-electron chi connectivity index (χ1n) is 12.5. The van der Waals surface area contributed by atoms with Gasteiger partial charge in [-0.05, 0) is 42.2 Å². The number of benzene rings is 4. The molecule has 0 fully saturated rings. The SMILES string of the molecule is C/C=C\[C@H](Cc1ccc(OCc2ccccc2)cc1OCc1ccccc1)c1ccc(OC)cc1OC. The molecule has 37 heavy (non-hydrogen) atoms. The summed E-state index contributed by atoms with van der Waals surface area (Å²) in [7, 11) is 3.36. The lowest BCUT2D eigenvalue weighted by Gasteiger charge is -2.20. The van der Waals surface area contributed by atoms with Crippen molar-refractivity contribution in [1.29, 1.82) is 0 Å². The van der Waals surface area contributed by atoms with E-state index in [-0.39, 0.29) is 5.92 Å². The Kier molecular flexibility index (Phi) is 9.25. The third-order valence-electron chi connectivity index (χ3n) is 6.23. The molecule has 0 aliphatic carbocycles. The molecule has 1 atom stereocenters. The fraction of sp³-hybridized carbons (Fsp3) is 0.212. The Labute approximate surface area is 220 Å². The summed E-state index contributed by atoms with van der Waals surface area (Å²) in [6, 6.07) is 32.5. The average molecular weight is 495 g/mol. The summed E-state index contributed by atoms with van der Waals surface area (Å²) in [4.78, 5) is 0. The molecule has 0 spiro atoms. The molecule has 0 heterocycles. The van der Waals surface area contributed by atoms with Gasteiger partial charge in [-0.25, -0.2) is 0 Å². The van der Waals surface area contributed by atoms with Gasteiger partial charge in [-0.1, -0.05) is 84.9 Å². The lowest BCUT2D eigenvalue weighted by atomic mass is 9.90. The van der Waals surface area contributed by atoms with E-state index in [9.17, 15) is 0 Å². The van der Waals surface area contributed by atoms with Crippen LogP contribution in [0.15, 0.2) is 109 Å². The Morgan fingerprint density at radius 1 is 0.649 bits per heavy atom. The van der Waals surface area contributed by atoms with E-state index in [4.69, 9.17) is 18.9 Å². The summed E-state index contributed by atoms with van der Waals surface area (Å²) in [6.45, 7) is 3.02. The highest BCUT2D eigenvalue weighted by Crippen LogP contribution is 2.36. The first-order valence-corrected chi connectivity index (χ1v) is 12.5. The molecule has 4 nitrogen and oxygen atoms in total. The second-order valence-corrected chi connectivity index (χ2v) is 8.76. The third kappa shape index (κ3) is 7.17. The van der Waals surface area contributed by atoms with Gasteiger partial charge in [0.15, 0.2) is 0 Å². The van der Waals surface area contributed by atoms with Crippen molar-refractivity contribution in [3.05, 3.63) is 131 Å². The molecule has 190 valence electrons. The Hall–Kier alpha value is -4.18. The van der Waals surface area contributed by atoms with Crippen molar-refractivity contribution in [2.24, 2.45) is 0 Å². The van der Waals surface area contributed by atoms with E-state index in [1.165, 1.54) is 0 Å². The largest absolute Gasteiger partial charge is 0.497 e. The van der Waals surface area contributed by atoms with Gasteiger partial charge in [-0.3, -0.25) is 0 Å². The van der Waals surface area contributed by atoms with E-state index in [1.807, 2.05) is 67.6 Å². The molecule has 0 saturated heterocycles. The van der Waals surface area contributed by atoms with Crippen molar-refractivity contribution in [3.8, 4) is 23.0 Å². The van der Waals surface area contributed by atoms with Gasteiger partial charge in [0.05, 0.1) is 14.2 Å². The minimum Gasteiger partial charge on any atom is -0.497 e. The van der Waals surface area contributed by atoms with Gasteiger partial charge in [0.1, 0.15) is 36.2 Å². The number of hydrogen-bond donors (Lipinski definition) is 0. The summed E-state index contributed by atoms with van der Waals surface area (Å²) >= 11 is 0. The summed E-state index contributed by atoms with van der Waals surface area (Å²) in [6.07, 6.45) is 5.03. The third-order valence-corrected chi connectivity index (χ3v) is 6.23. The second-order valence-electron chi connectivity index (χ2n) is 8.76. The highest BCUT2D eigenvalue weighted by molar-refractivity contribution is 5.47. The van der Waals surface area contributed by atoms with Crippen molar-refractivity contribution < 1.29 is 18.9 Å². The summed E-state index contributed by atoms with van der Waals surface area (Å²) in [5, 5.41) is 0. The van der Waals surface area contributed by atoms with Gasteiger partial charge >= 0.3 is 0 Å². The molecule has 0 N–H and O–H groups in total. The lowest BCUT2D eigenvalue weighted by Crippen LogP contribution is -2.06. The maximum Gasteiger partial charge on any atom is 0.126 e. The fourth-order valence-electron chi connectivity index (χ4n) is 4.28. The predicted molar refractivity (Wildman–Crippen MR) is 149 cm³/mol. The van der Waals surface area contributed by atoms with Crippen LogP contribution in [0.2, 0.25) is 0 Å². The van der Waals surface area contributed by atoms with Crippen LogP contribution in [0.1, 0.15) is 35.1 Å². The maximum atomic E-state index is 6.37.